The first kappa shape index (κ1) is 25.9. The van der Waals surface area contributed by atoms with Gasteiger partial charge in [-0.3, -0.25) is 0 Å². The molecular formula is C25H30N5NaO3. The monoisotopic (exact) mass is 471 g/mol. The van der Waals surface area contributed by atoms with E-state index in [1.807, 2.05) is 48.5 Å². The average Bonchev–Trinajstić information content (AvgIpc) is 3.55. The summed E-state index contributed by atoms with van der Waals surface area (Å²) in [5.41, 5.74) is 2.79. The van der Waals surface area contributed by atoms with Gasteiger partial charge in [0.1, 0.15) is 17.2 Å². The fourth-order valence-corrected chi connectivity index (χ4v) is 3.76. The first-order valence-corrected chi connectivity index (χ1v) is 11.2. The summed E-state index contributed by atoms with van der Waals surface area (Å²) < 4.78 is 16.8. The molecule has 174 valence electrons. The van der Waals surface area contributed by atoms with Gasteiger partial charge in [-0.25, -0.2) is 4.98 Å². The molecule has 4 rings (SSSR count). The van der Waals surface area contributed by atoms with Crippen LogP contribution in [0.2, 0.25) is 0 Å². The van der Waals surface area contributed by atoms with Crippen LogP contribution in [0.5, 0.6) is 11.5 Å². The number of nitrogens with zero attached hydrogens (tertiary/aromatic N) is 4. The number of tetrazole rings is 1. The van der Waals surface area contributed by atoms with E-state index in [0.717, 1.165) is 77.9 Å². The Bertz CT molecular complexity index is 1070. The van der Waals surface area contributed by atoms with Gasteiger partial charge in [0.25, 0.3) is 0 Å². The second kappa shape index (κ2) is 12.7. The van der Waals surface area contributed by atoms with E-state index in [1.165, 1.54) is 0 Å². The summed E-state index contributed by atoms with van der Waals surface area (Å²) in [6.45, 7) is 2.13. The third-order valence-corrected chi connectivity index (χ3v) is 5.72. The first-order valence-electron chi connectivity index (χ1n) is 11.2. The number of hydrogen-bond donors (Lipinski definition) is 1. The van der Waals surface area contributed by atoms with Gasteiger partial charge in [-0.15, -0.1) is 10.2 Å². The molecule has 0 aliphatic heterocycles. The Labute approximate surface area is 223 Å². The molecule has 1 atom stereocenters. The molecule has 0 saturated carbocycles. The summed E-state index contributed by atoms with van der Waals surface area (Å²) in [4.78, 5) is 4.86. The smallest absolute Gasteiger partial charge is 1.00 e. The van der Waals surface area contributed by atoms with Crippen molar-refractivity contribution in [2.24, 2.45) is 0 Å². The molecule has 34 heavy (non-hydrogen) atoms. The second-order valence-corrected chi connectivity index (χ2v) is 8.01. The summed E-state index contributed by atoms with van der Waals surface area (Å²) in [5, 5.41) is 14.3. The normalized spacial score (nSPS) is 11.6. The predicted octanol–water partition coefficient (Wildman–Crippen LogP) is 2.56. The van der Waals surface area contributed by atoms with Gasteiger partial charge < -0.3 is 15.3 Å². The molecule has 0 fully saturated rings. The van der Waals surface area contributed by atoms with E-state index < -0.39 is 0 Å². The minimum absolute atomic E-state index is 0. The molecule has 9 heteroatoms. The van der Waals surface area contributed by atoms with E-state index in [0.29, 0.717) is 5.92 Å². The topological polar surface area (TPSA) is 99.0 Å². The van der Waals surface area contributed by atoms with Crippen LogP contribution in [0, 0.1) is 0 Å². The van der Waals surface area contributed by atoms with E-state index in [-0.39, 0.29) is 31.0 Å². The van der Waals surface area contributed by atoms with Gasteiger partial charge >= 0.3 is 29.6 Å². The van der Waals surface area contributed by atoms with Crippen LogP contribution in [0.1, 0.15) is 51.7 Å². The van der Waals surface area contributed by atoms with Crippen LogP contribution in [-0.4, -0.2) is 39.8 Å². The molecule has 0 saturated heterocycles. The molecule has 0 bridgehead atoms. The average molecular weight is 472 g/mol. The maximum absolute atomic E-state index is 6.26. The van der Waals surface area contributed by atoms with Crippen molar-refractivity contribution < 1.29 is 44.9 Å². The summed E-state index contributed by atoms with van der Waals surface area (Å²) in [7, 11) is 3.32. The van der Waals surface area contributed by atoms with Crippen LogP contribution >= 0.6 is 0 Å². The minimum Gasteiger partial charge on any atom is -1.00 e. The quantitative estimate of drug-likeness (QED) is 0.265. The molecular weight excluding hydrogens is 441 g/mol. The van der Waals surface area contributed by atoms with E-state index in [2.05, 4.69) is 27.5 Å². The maximum atomic E-state index is 6.26. The fraction of sp³-hybridized carbons (Fsp3) is 0.360. The zero-order valence-electron chi connectivity index (χ0n) is 21.2. The number of benzene rings is 2. The number of H-pyrrole nitrogens is 1. The third kappa shape index (κ3) is 6.46. The number of methoxy groups -OCH3 is 2. The van der Waals surface area contributed by atoms with E-state index in [4.69, 9.17) is 18.9 Å². The number of oxazole rings is 1. The van der Waals surface area contributed by atoms with Crippen LogP contribution in [0.3, 0.4) is 0 Å². The van der Waals surface area contributed by atoms with Gasteiger partial charge in [-0.05, 0) is 61.4 Å². The van der Waals surface area contributed by atoms with Gasteiger partial charge in [-0.1, -0.05) is 25.0 Å². The molecule has 0 aliphatic rings. The molecule has 1 N–H and O–H groups in total. The van der Waals surface area contributed by atoms with Crippen molar-refractivity contribution in [1.29, 1.82) is 0 Å². The van der Waals surface area contributed by atoms with E-state index >= 15 is 0 Å². The van der Waals surface area contributed by atoms with Gasteiger partial charge in [0.2, 0.25) is 0 Å². The molecule has 2 aromatic carbocycles. The van der Waals surface area contributed by atoms with E-state index in [9.17, 15) is 0 Å². The van der Waals surface area contributed by atoms with Crippen LogP contribution in [0.25, 0.3) is 22.6 Å². The molecule has 8 nitrogen and oxygen atoms in total. The summed E-state index contributed by atoms with van der Waals surface area (Å²) in [6, 6.07) is 15.7. The number of hydrogen-bond acceptors (Lipinski definition) is 7. The van der Waals surface area contributed by atoms with Gasteiger partial charge in [0, 0.05) is 23.5 Å². The number of aryl methyl sites for hydroxylation is 1. The number of aromatic amines is 1. The molecule has 0 radical (unpaired) electrons. The third-order valence-electron chi connectivity index (χ3n) is 5.72. The fourth-order valence-electron chi connectivity index (χ4n) is 3.76. The molecule has 1 unspecified atom stereocenters. The van der Waals surface area contributed by atoms with Crippen molar-refractivity contribution in [3.63, 3.8) is 0 Å². The molecule has 2 aromatic heterocycles. The Kier molecular flexibility index (Phi) is 9.68. The second-order valence-electron chi connectivity index (χ2n) is 8.01. The molecule has 2 heterocycles. The number of rotatable bonds is 11. The van der Waals surface area contributed by atoms with Crippen LogP contribution < -0.4 is 39.0 Å². The number of unbranched alkanes of at least 4 members (excludes halogenated alkanes) is 2. The van der Waals surface area contributed by atoms with Crippen molar-refractivity contribution >= 4 is 0 Å². The van der Waals surface area contributed by atoms with Crippen LogP contribution in [-0.2, 0) is 6.42 Å². The van der Waals surface area contributed by atoms with Crippen molar-refractivity contribution in [3.05, 3.63) is 60.2 Å². The molecule has 0 spiro atoms. The van der Waals surface area contributed by atoms with Crippen molar-refractivity contribution in [1.82, 2.24) is 25.6 Å². The predicted molar refractivity (Wildman–Crippen MR) is 126 cm³/mol. The van der Waals surface area contributed by atoms with Crippen LogP contribution in [0.15, 0.2) is 52.9 Å². The molecule has 4 aromatic rings. The van der Waals surface area contributed by atoms with Crippen LogP contribution in [0.4, 0.5) is 0 Å². The summed E-state index contributed by atoms with van der Waals surface area (Å²) in [6.07, 6.45) is 4.99. The largest absolute Gasteiger partial charge is 1.00 e. The zero-order chi connectivity index (χ0) is 23.0. The molecule has 0 amide bonds. The van der Waals surface area contributed by atoms with Gasteiger partial charge in [0.15, 0.2) is 17.5 Å². The zero-order valence-corrected chi connectivity index (χ0v) is 22.2. The van der Waals surface area contributed by atoms with Crippen molar-refractivity contribution in [3.8, 4) is 34.1 Å². The Balaban J connectivity index is 0.00000216. The Morgan fingerprint density at radius 1 is 0.912 bits per heavy atom. The standard InChI is InChI=1S/C25H29N5O3.Na.H/c1-17(25-27-29-30-28-25)7-5-4-6-8-22-26-23(18-9-13-20(31-2)14-10-18)24(33-22)19-11-15-21(32-3)16-12-19;;/h9-17H,4-8H2,1-3H3,(H,27,28,29,30);;/q;+1;-1. The number of ether oxygens (including phenoxy) is 2. The van der Waals surface area contributed by atoms with Crippen molar-refractivity contribution in [2.75, 3.05) is 14.2 Å². The minimum atomic E-state index is 0. The van der Waals surface area contributed by atoms with E-state index in [1.54, 1.807) is 14.2 Å². The SMILES string of the molecule is COc1ccc(-c2nc(CCCCCC(C)c3nn[nH]n3)oc2-c2ccc(OC)cc2)cc1.[H-].[Na+]. The van der Waals surface area contributed by atoms with Crippen molar-refractivity contribution in [2.45, 2.75) is 44.9 Å². The Morgan fingerprint density at radius 2 is 1.56 bits per heavy atom. The molecule has 0 aliphatic carbocycles. The summed E-state index contributed by atoms with van der Waals surface area (Å²) in [5.74, 6) is 4.20. The number of nitrogens with one attached hydrogen (secondary N) is 1. The first-order chi connectivity index (χ1) is 16.2. The maximum Gasteiger partial charge on any atom is 1.00 e. The number of aromatic nitrogens is 5. The van der Waals surface area contributed by atoms with Gasteiger partial charge in [0.05, 0.1) is 14.2 Å². The van der Waals surface area contributed by atoms with Gasteiger partial charge in [-0.2, -0.15) is 5.21 Å². The Morgan fingerprint density at radius 3 is 2.15 bits per heavy atom. The summed E-state index contributed by atoms with van der Waals surface area (Å²) >= 11 is 0. The Hall–Kier alpha value is -2.68.